The smallest absolute Gasteiger partial charge is 0.223 e. The third kappa shape index (κ3) is 1.36. The van der Waals surface area contributed by atoms with Crippen molar-refractivity contribution in [2.75, 3.05) is 0 Å². The number of carbonyl (C=O) groups is 1. The van der Waals surface area contributed by atoms with Crippen molar-refractivity contribution in [3.8, 4) is 5.69 Å². The second-order valence-electron chi connectivity index (χ2n) is 3.47. The number of fused-ring (bicyclic) bond motifs is 1. The first-order chi connectivity index (χ1) is 7.75. The third-order valence-corrected chi connectivity index (χ3v) is 3.40. The Morgan fingerprint density at radius 2 is 2.06 bits per heavy atom. The average molecular weight is 234 g/mol. The maximum absolute atomic E-state index is 12.8. The van der Waals surface area contributed by atoms with Crippen molar-refractivity contribution in [2.45, 2.75) is 5.75 Å². The van der Waals surface area contributed by atoms with Crippen LogP contribution in [-0.4, -0.2) is 14.9 Å². The van der Waals surface area contributed by atoms with E-state index in [9.17, 15) is 9.18 Å². The molecule has 16 heavy (non-hydrogen) atoms. The molecule has 0 atom stereocenters. The lowest BCUT2D eigenvalue weighted by atomic mass is 10.2. The molecule has 0 fully saturated rings. The predicted molar refractivity (Wildman–Crippen MR) is 59.1 cm³/mol. The fourth-order valence-corrected chi connectivity index (χ4v) is 2.57. The summed E-state index contributed by atoms with van der Waals surface area (Å²) in [7, 11) is 0. The first-order valence-corrected chi connectivity index (χ1v) is 5.74. The molecule has 1 aromatic carbocycles. The number of halogens is 1. The Morgan fingerprint density at radius 3 is 2.81 bits per heavy atom. The summed E-state index contributed by atoms with van der Waals surface area (Å²) in [4.78, 5) is 11.4. The Bertz CT molecular complexity index is 562. The lowest BCUT2D eigenvalue weighted by Gasteiger charge is -2.04. The van der Waals surface area contributed by atoms with Crippen LogP contribution in [0, 0.1) is 5.82 Å². The van der Waals surface area contributed by atoms with Crippen LogP contribution in [-0.2, 0) is 5.75 Å². The Labute approximate surface area is 95.3 Å². The summed E-state index contributed by atoms with van der Waals surface area (Å²) in [5, 5.41) is 4.21. The standard InChI is InChI=1S/C11H7FN2OS/c12-7-1-3-8(4-2-7)14-10-6-16-11(15)9(10)5-13-14/h1-5H,6H2. The molecular weight excluding hydrogens is 227 g/mol. The van der Waals surface area contributed by atoms with E-state index in [-0.39, 0.29) is 10.9 Å². The van der Waals surface area contributed by atoms with Crippen LogP contribution in [0.3, 0.4) is 0 Å². The van der Waals surface area contributed by atoms with E-state index < -0.39 is 0 Å². The molecule has 5 heteroatoms. The van der Waals surface area contributed by atoms with Crippen LogP contribution in [0.4, 0.5) is 4.39 Å². The van der Waals surface area contributed by atoms with Crippen molar-refractivity contribution in [1.29, 1.82) is 0 Å². The summed E-state index contributed by atoms with van der Waals surface area (Å²) < 4.78 is 14.5. The van der Waals surface area contributed by atoms with Crippen molar-refractivity contribution < 1.29 is 9.18 Å². The zero-order valence-electron chi connectivity index (χ0n) is 8.18. The minimum atomic E-state index is -0.280. The van der Waals surface area contributed by atoms with Gasteiger partial charge in [-0.25, -0.2) is 9.07 Å². The molecule has 2 heterocycles. The molecule has 0 amide bonds. The van der Waals surface area contributed by atoms with Crippen LogP contribution >= 0.6 is 11.8 Å². The highest BCUT2D eigenvalue weighted by atomic mass is 32.2. The van der Waals surface area contributed by atoms with E-state index in [1.54, 1.807) is 23.0 Å². The maximum atomic E-state index is 12.8. The first-order valence-electron chi connectivity index (χ1n) is 4.75. The van der Waals surface area contributed by atoms with Gasteiger partial charge in [-0.1, -0.05) is 11.8 Å². The van der Waals surface area contributed by atoms with Crippen LogP contribution in [0.2, 0.25) is 0 Å². The highest BCUT2D eigenvalue weighted by Crippen LogP contribution is 2.30. The zero-order valence-corrected chi connectivity index (χ0v) is 9.00. The van der Waals surface area contributed by atoms with Crippen LogP contribution in [0.15, 0.2) is 30.5 Å². The normalized spacial score (nSPS) is 14.2. The van der Waals surface area contributed by atoms with Gasteiger partial charge in [-0.3, -0.25) is 4.79 Å². The minimum absolute atomic E-state index is 0.0587. The molecule has 0 bridgehead atoms. The predicted octanol–water partition coefficient (Wildman–Crippen LogP) is 2.40. The highest BCUT2D eigenvalue weighted by molar-refractivity contribution is 8.13. The van der Waals surface area contributed by atoms with Gasteiger partial charge < -0.3 is 0 Å². The number of benzene rings is 1. The van der Waals surface area contributed by atoms with E-state index in [1.807, 2.05) is 0 Å². The molecule has 3 nitrogen and oxygen atoms in total. The Balaban J connectivity index is 2.11. The molecule has 0 unspecified atom stereocenters. The van der Waals surface area contributed by atoms with Gasteiger partial charge >= 0.3 is 0 Å². The fraction of sp³-hybridized carbons (Fsp3) is 0.0909. The molecule has 0 aliphatic carbocycles. The Hall–Kier alpha value is -1.62. The lowest BCUT2D eigenvalue weighted by molar-refractivity contribution is 0.109. The molecule has 0 saturated carbocycles. The van der Waals surface area contributed by atoms with Gasteiger partial charge in [0.25, 0.3) is 0 Å². The SMILES string of the molecule is O=C1SCc2c1cnn2-c1ccc(F)cc1. The molecule has 0 N–H and O–H groups in total. The number of carbonyl (C=O) groups excluding carboxylic acids is 1. The van der Waals surface area contributed by atoms with Crippen molar-refractivity contribution in [1.82, 2.24) is 9.78 Å². The van der Waals surface area contributed by atoms with Crippen molar-refractivity contribution in [3.05, 3.63) is 47.5 Å². The van der Waals surface area contributed by atoms with Gasteiger partial charge in [0.15, 0.2) is 0 Å². The Morgan fingerprint density at radius 1 is 1.31 bits per heavy atom. The van der Waals surface area contributed by atoms with Gasteiger partial charge in [0, 0.05) is 5.75 Å². The average Bonchev–Trinajstić information content (AvgIpc) is 2.84. The molecule has 1 aliphatic rings. The van der Waals surface area contributed by atoms with E-state index in [1.165, 1.54) is 23.9 Å². The van der Waals surface area contributed by atoms with Crippen LogP contribution in [0.25, 0.3) is 5.69 Å². The van der Waals surface area contributed by atoms with E-state index in [0.717, 1.165) is 11.4 Å². The van der Waals surface area contributed by atoms with Gasteiger partial charge in [0.05, 0.1) is 23.1 Å². The van der Waals surface area contributed by atoms with Crippen LogP contribution < -0.4 is 0 Å². The summed E-state index contributed by atoms with van der Waals surface area (Å²) in [6.07, 6.45) is 1.57. The molecule has 0 saturated heterocycles. The second-order valence-corrected chi connectivity index (χ2v) is 4.42. The molecule has 0 radical (unpaired) electrons. The van der Waals surface area contributed by atoms with E-state index in [2.05, 4.69) is 5.10 Å². The summed E-state index contributed by atoms with van der Waals surface area (Å²) in [5.74, 6) is 0.351. The van der Waals surface area contributed by atoms with E-state index >= 15 is 0 Å². The number of hydrogen-bond donors (Lipinski definition) is 0. The lowest BCUT2D eigenvalue weighted by Crippen LogP contribution is -2.00. The largest absolute Gasteiger partial charge is 0.281 e. The summed E-state index contributed by atoms with van der Waals surface area (Å²) in [5.41, 5.74) is 2.33. The monoisotopic (exact) mass is 234 g/mol. The molecule has 0 spiro atoms. The van der Waals surface area contributed by atoms with Gasteiger partial charge in [0.2, 0.25) is 5.12 Å². The topological polar surface area (TPSA) is 34.9 Å². The third-order valence-electron chi connectivity index (χ3n) is 2.50. The van der Waals surface area contributed by atoms with Crippen molar-refractivity contribution >= 4 is 16.9 Å². The molecular formula is C11H7FN2OS. The summed E-state index contributed by atoms with van der Waals surface area (Å²) in [6, 6.07) is 6.06. The number of aromatic nitrogens is 2. The molecule has 1 aliphatic heterocycles. The van der Waals surface area contributed by atoms with E-state index in [0.29, 0.717) is 11.3 Å². The van der Waals surface area contributed by atoms with Gasteiger partial charge in [-0.05, 0) is 24.3 Å². The Kier molecular flexibility index (Phi) is 2.07. The van der Waals surface area contributed by atoms with Gasteiger partial charge in [-0.2, -0.15) is 5.10 Å². The molecule has 1 aromatic heterocycles. The summed E-state index contributed by atoms with van der Waals surface area (Å²) >= 11 is 1.27. The number of thioether (sulfide) groups is 1. The number of nitrogens with zero attached hydrogens (tertiary/aromatic N) is 2. The van der Waals surface area contributed by atoms with Crippen LogP contribution in [0.1, 0.15) is 16.1 Å². The molecule has 2 aromatic rings. The van der Waals surface area contributed by atoms with Gasteiger partial charge in [0.1, 0.15) is 5.82 Å². The van der Waals surface area contributed by atoms with E-state index in [4.69, 9.17) is 0 Å². The molecule has 3 rings (SSSR count). The van der Waals surface area contributed by atoms with Crippen LogP contribution in [0.5, 0.6) is 0 Å². The molecule has 80 valence electrons. The number of hydrogen-bond acceptors (Lipinski definition) is 3. The fourth-order valence-electron chi connectivity index (χ4n) is 1.70. The minimum Gasteiger partial charge on any atom is -0.281 e. The van der Waals surface area contributed by atoms with Gasteiger partial charge in [-0.15, -0.1) is 0 Å². The zero-order chi connectivity index (χ0) is 11.1. The second kappa shape index (κ2) is 3.45. The maximum Gasteiger partial charge on any atom is 0.223 e. The first kappa shape index (κ1) is 9.59. The van der Waals surface area contributed by atoms with Crippen molar-refractivity contribution in [2.24, 2.45) is 0 Å². The highest BCUT2D eigenvalue weighted by Gasteiger charge is 2.25. The summed E-state index contributed by atoms with van der Waals surface area (Å²) in [6.45, 7) is 0. The quantitative estimate of drug-likeness (QED) is 0.760. The van der Waals surface area contributed by atoms with Crippen molar-refractivity contribution in [3.63, 3.8) is 0 Å². The number of rotatable bonds is 1.